The van der Waals surface area contributed by atoms with E-state index in [1.165, 1.54) is 0 Å². The molecule has 1 fully saturated rings. The summed E-state index contributed by atoms with van der Waals surface area (Å²) in [4.78, 5) is 8.74. The second-order valence-electron chi connectivity index (χ2n) is 4.81. The molecule has 0 aliphatic carbocycles. The van der Waals surface area contributed by atoms with Gasteiger partial charge in [0.25, 0.3) is 0 Å². The highest BCUT2D eigenvalue weighted by Gasteiger charge is 2.21. The first-order valence-corrected chi connectivity index (χ1v) is 6.17. The predicted octanol–water partition coefficient (Wildman–Crippen LogP) is 0.611. The summed E-state index contributed by atoms with van der Waals surface area (Å²) in [5, 5.41) is 12.3. The lowest BCUT2D eigenvalue weighted by Crippen LogP contribution is -2.52. The van der Waals surface area contributed by atoms with Crippen LogP contribution in [0.5, 0.6) is 0 Å². The van der Waals surface area contributed by atoms with E-state index in [2.05, 4.69) is 40.3 Å². The van der Waals surface area contributed by atoms with E-state index in [0.717, 1.165) is 31.9 Å². The Kier molecular flexibility index (Phi) is 4.13. The van der Waals surface area contributed by atoms with E-state index in [-0.39, 0.29) is 0 Å². The van der Waals surface area contributed by atoms with Crippen molar-refractivity contribution < 1.29 is 0 Å². The van der Waals surface area contributed by atoms with Crippen LogP contribution in [0.25, 0.3) is 0 Å². The molecule has 1 aromatic heterocycles. The summed E-state index contributed by atoms with van der Waals surface area (Å²) >= 11 is 0. The van der Waals surface area contributed by atoms with Crippen LogP contribution >= 0.6 is 0 Å². The highest BCUT2D eigenvalue weighted by molar-refractivity contribution is 5.55. The summed E-state index contributed by atoms with van der Waals surface area (Å²) in [6.07, 6.45) is 3.36. The van der Waals surface area contributed by atoms with Crippen LogP contribution in [0.1, 0.15) is 5.56 Å². The van der Waals surface area contributed by atoms with E-state index in [4.69, 9.17) is 5.26 Å². The van der Waals surface area contributed by atoms with Crippen LogP contribution in [0.15, 0.2) is 18.5 Å². The van der Waals surface area contributed by atoms with Crippen molar-refractivity contribution in [1.82, 2.24) is 14.8 Å². The molecule has 18 heavy (non-hydrogen) atoms. The van der Waals surface area contributed by atoms with Gasteiger partial charge in [0, 0.05) is 38.4 Å². The number of nitriles is 1. The van der Waals surface area contributed by atoms with E-state index < -0.39 is 0 Å². The molecule has 1 atom stereocenters. The number of nitrogens with zero attached hydrogens (tertiary/aromatic N) is 4. The average Bonchev–Trinajstić information content (AvgIpc) is 2.40. The van der Waals surface area contributed by atoms with Crippen LogP contribution < -0.4 is 5.32 Å². The van der Waals surface area contributed by atoms with Gasteiger partial charge in [-0.25, -0.2) is 0 Å². The fourth-order valence-electron chi connectivity index (χ4n) is 2.18. The zero-order valence-electron chi connectivity index (χ0n) is 10.9. The molecule has 1 unspecified atom stereocenters. The standard InChI is InChI=1S/C13H19N5/c1-17-5-6-18(2)12(10-17)8-16-13-9-15-4-3-11(13)7-14/h3-4,9,12,16H,5-6,8,10H2,1-2H3. The van der Waals surface area contributed by atoms with Crippen LogP contribution in [-0.4, -0.2) is 61.1 Å². The molecule has 5 heteroatoms. The molecule has 2 rings (SSSR count). The van der Waals surface area contributed by atoms with Crippen molar-refractivity contribution in [2.24, 2.45) is 0 Å². The van der Waals surface area contributed by atoms with Gasteiger partial charge in [-0.15, -0.1) is 0 Å². The minimum absolute atomic E-state index is 0.468. The summed E-state index contributed by atoms with van der Waals surface area (Å²) in [5.74, 6) is 0. The van der Waals surface area contributed by atoms with Gasteiger partial charge in [0.1, 0.15) is 6.07 Å². The van der Waals surface area contributed by atoms with Gasteiger partial charge in [0.2, 0.25) is 0 Å². The van der Waals surface area contributed by atoms with E-state index in [0.29, 0.717) is 11.6 Å². The topological polar surface area (TPSA) is 55.2 Å². The maximum atomic E-state index is 9.01. The van der Waals surface area contributed by atoms with Gasteiger partial charge in [0.05, 0.1) is 17.4 Å². The summed E-state index contributed by atoms with van der Waals surface area (Å²) in [6, 6.07) is 4.38. The lowest BCUT2D eigenvalue weighted by molar-refractivity contribution is 0.122. The van der Waals surface area contributed by atoms with E-state index in [1.807, 2.05) is 0 Å². The van der Waals surface area contributed by atoms with Gasteiger partial charge in [-0.2, -0.15) is 5.26 Å². The minimum atomic E-state index is 0.468. The Labute approximate surface area is 108 Å². The largest absolute Gasteiger partial charge is 0.381 e. The molecular weight excluding hydrogens is 226 g/mol. The number of piperazine rings is 1. The normalized spacial score (nSPS) is 21.5. The van der Waals surface area contributed by atoms with E-state index in [9.17, 15) is 0 Å². The average molecular weight is 245 g/mol. The molecule has 0 saturated carbocycles. The Balaban J connectivity index is 1.96. The Morgan fingerprint density at radius 2 is 2.33 bits per heavy atom. The maximum absolute atomic E-state index is 9.01. The molecule has 0 radical (unpaired) electrons. The summed E-state index contributed by atoms with van der Waals surface area (Å²) in [5.41, 5.74) is 1.47. The third-order valence-corrected chi connectivity index (χ3v) is 3.45. The van der Waals surface area contributed by atoms with Crippen LogP contribution in [0.4, 0.5) is 5.69 Å². The van der Waals surface area contributed by atoms with Crippen molar-refractivity contribution in [2.45, 2.75) is 6.04 Å². The van der Waals surface area contributed by atoms with Crippen molar-refractivity contribution in [1.29, 1.82) is 5.26 Å². The van der Waals surface area contributed by atoms with Crippen LogP contribution in [0.3, 0.4) is 0 Å². The lowest BCUT2D eigenvalue weighted by atomic mass is 10.1. The molecular formula is C13H19N5. The van der Waals surface area contributed by atoms with Gasteiger partial charge in [0.15, 0.2) is 0 Å². The monoisotopic (exact) mass is 245 g/mol. The molecule has 0 bridgehead atoms. The van der Waals surface area contributed by atoms with Gasteiger partial charge >= 0.3 is 0 Å². The first kappa shape index (κ1) is 12.8. The van der Waals surface area contributed by atoms with Crippen molar-refractivity contribution in [3.63, 3.8) is 0 Å². The van der Waals surface area contributed by atoms with Crippen LogP contribution in [0.2, 0.25) is 0 Å². The molecule has 1 saturated heterocycles. The van der Waals surface area contributed by atoms with Gasteiger partial charge < -0.3 is 10.2 Å². The fraction of sp³-hybridized carbons (Fsp3) is 0.538. The Bertz CT molecular complexity index is 439. The summed E-state index contributed by atoms with van der Waals surface area (Å²) in [7, 11) is 4.29. The Hall–Kier alpha value is -1.64. The number of anilines is 1. The van der Waals surface area contributed by atoms with Crippen LogP contribution in [0, 0.1) is 11.3 Å². The summed E-state index contributed by atoms with van der Waals surface area (Å²) in [6.45, 7) is 4.08. The highest BCUT2D eigenvalue weighted by atomic mass is 15.3. The Morgan fingerprint density at radius 1 is 1.50 bits per heavy atom. The van der Waals surface area contributed by atoms with Crippen molar-refractivity contribution in [3.8, 4) is 6.07 Å². The SMILES string of the molecule is CN1CCN(C)C(CNc2cnccc2C#N)C1. The molecule has 0 amide bonds. The summed E-state index contributed by atoms with van der Waals surface area (Å²) < 4.78 is 0. The van der Waals surface area contributed by atoms with Crippen molar-refractivity contribution in [3.05, 3.63) is 24.0 Å². The van der Waals surface area contributed by atoms with Crippen LogP contribution in [-0.2, 0) is 0 Å². The van der Waals surface area contributed by atoms with Crippen molar-refractivity contribution in [2.75, 3.05) is 45.6 Å². The number of hydrogen-bond donors (Lipinski definition) is 1. The third kappa shape index (κ3) is 2.97. The zero-order chi connectivity index (χ0) is 13.0. The molecule has 1 aliphatic rings. The van der Waals surface area contributed by atoms with Crippen molar-refractivity contribution >= 4 is 5.69 Å². The highest BCUT2D eigenvalue weighted by Crippen LogP contribution is 2.13. The van der Waals surface area contributed by atoms with Gasteiger partial charge in [-0.3, -0.25) is 9.88 Å². The molecule has 1 aromatic rings. The Morgan fingerprint density at radius 3 is 3.11 bits per heavy atom. The smallest absolute Gasteiger partial charge is 0.101 e. The number of nitrogens with one attached hydrogen (secondary N) is 1. The molecule has 1 aliphatic heterocycles. The number of aromatic nitrogens is 1. The maximum Gasteiger partial charge on any atom is 0.101 e. The van der Waals surface area contributed by atoms with Gasteiger partial charge in [-0.1, -0.05) is 0 Å². The molecule has 96 valence electrons. The lowest BCUT2D eigenvalue weighted by Gasteiger charge is -2.37. The van der Waals surface area contributed by atoms with Gasteiger partial charge in [-0.05, 0) is 20.2 Å². The second kappa shape index (κ2) is 5.80. The second-order valence-corrected chi connectivity index (χ2v) is 4.81. The molecule has 1 N–H and O–H groups in total. The molecule has 0 spiro atoms. The predicted molar refractivity (Wildman–Crippen MR) is 71.4 cm³/mol. The molecule has 2 heterocycles. The molecule has 0 aromatic carbocycles. The number of rotatable bonds is 3. The first-order chi connectivity index (χ1) is 8.70. The third-order valence-electron chi connectivity index (χ3n) is 3.45. The minimum Gasteiger partial charge on any atom is -0.381 e. The fourth-order valence-corrected chi connectivity index (χ4v) is 2.18. The number of likely N-dealkylation sites (N-methyl/N-ethyl adjacent to an activating group) is 2. The quantitative estimate of drug-likeness (QED) is 0.845. The van der Waals surface area contributed by atoms with E-state index >= 15 is 0 Å². The molecule has 5 nitrogen and oxygen atoms in total. The van der Waals surface area contributed by atoms with E-state index in [1.54, 1.807) is 18.5 Å². The first-order valence-electron chi connectivity index (χ1n) is 6.17. The zero-order valence-corrected chi connectivity index (χ0v) is 10.9. The number of hydrogen-bond acceptors (Lipinski definition) is 5. The number of pyridine rings is 1.